The van der Waals surface area contributed by atoms with E-state index in [1.165, 1.54) is 6.08 Å². The Kier molecular flexibility index (Phi) is 9.23. The van der Waals surface area contributed by atoms with Gasteiger partial charge in [-0.1, -0.05) is 12.1 Å². The maximum absolute atomic E-state index is 17.2. The van der Waals surface area contributed by atoms with Gasteiger partial charge >= 0.3 is 12.2 Å². The van der Waals surface area contributed by atoms with E-state index in [-0.39, 0.29) is 82.0 Å². The first kappa shape index (κ1) is 35.8. The van der Waals surface area contributed by atoms with Crippen molar-refractivity contribution in [2.75, 3.05) is 50.0 Å². The SMILES string of the molecule is C/C=C\C(=O)N1CCC(N(CC)c2nc(OCC34CCCN3CC(F)C4)nc3c(F)c(-c4ccc(F)c5sc(N)c(C#N)c45)c(C(F)(F)F)cc23)C1. The van der Waals surface area contributed by atoms with Crippen molar-refractivity contribution in [2.24, 2.45) is 0 Å². The number of hydrogen-bond acceptors (Lipinski definition) is 9. The van der Waals surface area contributed by atoms with Gasteiger partial charge in [0.25, 0.3) is 0 Å². The molecule has 0 radical (unpaired) electrons. The van der Waals surface area contributed by atoms with Crippen LogP contribution in [0.4, 0.5) is 37.2 Å². The number of carbonyl (C=O) groups is 1. The van der Waals surface area contributed by atoms with E-state index in [4.69, 9.17) is 10.5 Å². The second kappa shape index (κ2) is 13.4. The van der Waals surface area contributed by atoms with E-state index in [1.54, 1.807) is 29.7 Å². The Morgan fingerprint density at radius 3 is 2.75 bits per heavy atom. The number of aromatic nitrogens is 2. The molecule has 2 aromatic carbocycles. The lowest BCUT2D eigenvalue weighted by atomic mass is 9.92. The summed E-state index contributed by atoms with van der Waals surface area (Å²) < 4.78 is 97.9. The number of halogens is 6. The molecular formula is C36H35F6N7O2S. The molecule has 2 N–H and O–H groups in total. The van der Waals surface area contributed by atoms with Gasteiger partial charge in [-0.25, -0.2) is 13.2 Å². The van der Waals surface area contributed by atoms with Gasteiger partial charge in [0.05, 0.1) is 21.4 Å². The van der Waals surface area contributed by atoms with Crippen LogP contribution in [0.3, 0.4) is 0 Å². The van der Waals surface area contributed by atoms with Gasteiger partial charge < -0.3 is 20.3 Å². The lowest BCUT2D eigenvalue weighted by Crippen LogP contribution is -2.43. The highest BCUT2D eigenvalue weighted by molar-refractivity contribution is 7.23. The molecule has 0 saturated carbocycles. The van der Waals surface area contributed by atoms with E-state index in [2.05, 4.69) is 9.97 Å². The summed E-state index contributed by atoms with van der Waals surface area (Å²) in [6.45, 7) is 5.26. The molecule has 5 heterocycles. The first-order valence-electron chi connectivity index (χ1n) is 17.0. The van der Waals surface area contributed by atoms with Gasteiger partial charge in [0.2, 0.25) is 5.91 Å². The van der Waals surface area contributed by atoms with Crippen LogP contribution in [0.15, 0.2) is 30.4 Å². The van der Waals surface area contributed by atoms with Crippen LogP contribution >= 0.6 is 11.3 Å². The van der Waals surface area contributed by atoms with E-state index < -0.39 is 52.2 Å². The first-order valence-corrected chi connectivity index (χ1v) is 17.8. The normalized spacial score (nSPS) is 22.2. The Morgan fingerprint density at radius 1 is 1.25 bits per heavy atom. The number of carbonyl (C=O) groups excluding carboxylic acids is 1. The van der Waals surface area contributed by atoms with Crippen molar-refractivity contribution in [1.82, 2.24) is 19.8 Å². The van der Waals surface area contributed by atoms with E-state index in [0.29, 0.717) is 37.3 Å². The van der Waals surface area contributed by atoms with Crippen LogP contribution in [0.25, 0.3) is 32.1 Å². The molecule has 16 heteroatoms. The van der Waals surface area contributed by atoms with Crippen LogP contribution in [0.1, 0.15) is 50.7 Å². The number of likely N-dealkylation sites (tertiary alicyclic amines) is 1. The predicted molar refractivity (Wildman–Crippen MR) is 186 cm³/mol. The van der Waals surface area contributed by atoms with E-state index >= 15 is 17.6 Å². The quantitative estimate of drug-likeness (QED) is 0.149. The zero-order chi connectivity index (χ0) is 37.1. The molecule has 3 aliphatic rings. The molecule has 0 aliphatic carbocycles. The van der Waals surface area contributed by atoms with Crippen molar-refractivity contribution in [3.05, 3.63) is 53.1 Å². The van der Waals surface area contributed by atoms with Gasteiger partial charge in [0.15, 0.2) is 5.82 Å². The molecule has 0 bridgehead atoms. The number of alkyl halides is 4. The van der Waals surface area contributed by atoms with Crippen LogP contribution < -0.4 is 15.4 Å². The van der Waals surface area contributed by atoms with Crippen molar-refractivity contribution in [1.29, 1.82) is 5.26 Å². The van der Waals surface area contributed by atoms with Crippen molar-refractivity contribution >= 4 is 49.1 Å². The molecule has 3 fully saturated rings. The summed E-state index contributed by atoms with van der Waals surface area (Å²) in [4.78, 5) is 27.0. The van der Waals surface area contributed by atoms with Crippen molar-refractivity contribution < 1.29 is 35.9 Å². The van der Waals surface area contributed by atoms with Crippen LogP contribution in [-0.4, -0.2) is 82.8 Å². The van der Waals surface area contributed by atoms with E-state index in [0.717, 1.165) is 24.6 Å². The summed E-state index contributed by atoms with van der Waals surface area (Å²) in [5.41, 5.74) is 1.89. The van der Waals surface area contributed by atoms with Gasteiger partial charge in [-0.05, 0) is 63.4 Å². The average molecular weight is 744 g/mol. The largest absolute Gasteiger partial charge is 0.461 e. The zero-order valence-electron chi connectivity index (χ0n) is 28.4. The van der Waals surface area contributed by atoms with Gasteiger partial charge in [-0.2, -0.15) is 28.4 Å². The number of fused-ring (bicyclic) bond motifs is 3. The van der Waals surface area contributed by atoms with Crippen molar-refractivity contribution in [3.8, 4) is 23.2 Å². The Morgan fingerprint density at radius 2 is 2.04 bits per heavy atom. The lowest BCUT2D eigenvalue weighted by molar-refractivity contribution is -0.137. The Balaban J connectivity index is 1.44. The van der Waals surface area contributed by atoms with Crippen LogP contribution in [0, 0.1) is 23.0 Å². The average Bonchev–Trinajstić information content (AvgIpc) is 3.87. The second-order valence-electron chi connectivity index (χ2n) is 13.5. The third-order valence-electron chi connectivity index (χ3n) is 10.5. The molecule has 274 valence electrons. The molecule has 7 rings (SSSR count). The number of rotatable bonds is 8. The number of likely N-dealkylation sites (N-methyl/N-ethyl adjacent to an activating group) is 1. The fourth-order valence-corrected chi connectivity index (χ4v) is 9.09. The van der Waals surface area contributed by atoms with Crippen molar-refractivity contribution in [2.45, 2.75) is 63.5 Å². The third-order valence-corrected chi connectivity index (χ3v) is 11.5. The number of thiophene rings is 1. The molecule has 1 amide bonds. The summed E-state index contributed by atoms with van der Waals surface area (Å²) in [6, 6.07) is 3.80. The number of nitrogens with zero attached hydrogens (tertiary/aromatic N) is 6. The molecule has 9 nitrogen and oxygen atoms in total. The van der Waals surface area contributed by atoms with Gasteiger partial charge in [0, 0.05) is 55.0 Å². The number of amides is 1. The molecule has 3 atom stereocenters. The summed E-state index contributed by atoms with van der Waals surface area (Å²) in [7, 11) is 0. The molecule has 3 saturated heterocycles. The summed E-state index contributed by atoms with van der Waals surface area (Å²) in [5, 5.41) is 9.23. The number of nitrogen functional groups attached to an aromatic ring is 1. The lowest BCUT2D eigenvalue weighted by Gasteiger charge is -2.32. The minimum absolute atomic E-state index is 0.0209. The zero-order valence-corrected chi connectivity index (χ0v) is 29.2. The summed E-state index contributed by atoms with van der Waals surface area (Å²) >= 11 is 0.680. The van der Waals surface area contributed by atoms with Gasteiger partial charge in [-0.15, -0.1) is 11.3 Å². The number of hydrogen-bond donors (Lipinski definition) is 1. The topological polar surface area (TPSA) is 112 Å². The monoisotopic (exact) mass is 743 g/mol. The Bertz CT molecular complexity index is 2150. The third kappa shape index (κ3) is 5.97. The molecule has 4 aromatic rings. The van der Waals surface area contributed by atoms with Crippen molar-refractivity contribution in [3.63, 3.8) is 0 Å². The summed E-state index contributed by atoms with van der Waals surface area (Å²) in [6.07, 6.45) is -0.950. The van der Waals surface area contributed by atoms with E-state index in [1.807, 2.05) is 11.0 Å². The van der Waals surface area contributed by atoms with Crippen LogP contribution in [0.5, 0.6) is 6.01 Å². The van der Waals surface area contributed by atoms with Crippen LogP contribution in [-0.2, 0) is 11.0 Å². The van der Waals surface area contributed by atoms with Crippen LogP contribution in [0.2, 0.25) is 0 Å². The highest BCUT2D eigenvalue weighted by Gasteiger charge is 2.49. The highest BCUT2D eigenvalue weighted by Crippen LogP contribution is 2.48. The minimum Gasteiger partial charge on any atom is -0.461 e. The Hall–Kier alpha value is -4.62. The highest BCUT2D eigenvalue weighted by atomic mass is 32.1. The molecule has 3 aliphatic heterocycles. The number of anilines is 2. The first-order chi connectivity index (χ1) is 24.8. The molecule has 52 heavy (non-hydrogen) atoms. The number of allylic oxidation sites excluding steroid dienone is 1. The number of ether oxygens (including phenoxy) is 1. The molecule has 3 unspecified atom stereocenters. The maximum atomic E-state index is 17.2. The molecule has 0 spiro atoms. The minimum atomic E-state index is -5.12. The fraction of sp³-hybridized carbons (Fsp3) is 0.444. The number of benzene rings is 2. The number of nitriles is 1. The second-order valence-corrected chi connectivity index (χ2v) is 14.5. The Labute approximate surface area is 299 Å². The predicted octanol–water partition coefficient (Wildman–Crippen LogP) is 7.22. The number of nitrogens with two attached hydrogens (primary N) is 1. The molecular weight excluding hydrogens is 708 g/mol. The fourth-order valence-electron chi connectivity index (χ4n) is 8.14. The maximum Gasteiger partial charge on any atom is 0.417 e. The standard InChI is InChI=1S/C36H35F6N7O2S/c1-3-6-26(50)47-12-9-20(17-47)49(4-2)33-22-13-24(36(40,41)42)28(21-7-8-25(38)31-27(21)23(15-43)32(44)52-31)29(39)30(22)45-34(46-33)51-18-35-10-5-11-48(35)16-19(37)14-35/h3,6-8,13,19-20H,4-5,9-12,14,16-18,44H2,1-2H3/b6-3-. The smallest absolute Gasteiger partial charge is 0.417 e. The summed E-state index contributed by atoms with van der Waals surface area (Å²) in [5.74, 6) is -2.45. The molecule has 2 aromatic heterocycles. The van der Waals surface area contributed by atoms with Gasteiger partial charge in [-0.3, -0.25) is 9.69 Å². The van der Waals surface area contributed by atoms with E-state index in [9.17, 15) is 18.8 Å². The van der Waals surface area contributed by atoms with Gasteiger partial charge in [0.1, 0.15) is 41.0 Å².